The summed E-state index contributed by atoms with van der Waals surface area (Å²) in [6.07, 6.45) is 4.35. The van der Waals surface area contributed by atoms with Crippen molar-refractivity contribution in [3.05, 3.63) is 22.4 Å². The van der Waals surface area contributed by atoms with Gasteiger partial charge in [-0.25, -0.2) is 0 Å². The highest BCUT2D eigenvalue weighted by atomic mass is 32.1. The molecule has 0 spiro atoms. The summed E-state index contributed by atoms with van der Waals surface area (Å²) in [6.45, 7) is 4.67. The van der Waals surface area contributed by atoms with Crippen molar-refractivity contribution in [3.63, 3.8) is 0 Å². The third-order valence-electron chi connectivity index (χ3n) is 3.36. The number of aliphatic hydroxyl groups is 1. The lowest BCUT2D eigenvalue weighted by Gasteiger charge is -2.29. The summed E-state index contributed by atoms with van der Waals surface area (Å²) >= 11 is 1.75. The van der Waals surface area contributed by atoms with Crippen LogP contribution in [0.3, 0.4) is 0 Å². The molecule has 0 aliphatic carbocycles. The normalized spacial score (nSPS) is 11.9. The van der Waals surface area contributed by atoms with Crippen LogP contribution in [0.2, 0.25) is 0 Å². The monoisotopic (exact) mass is 212 g/mol. The Morgan fingerprint density at radius 2 is 2.07 bits per heavy atom. The molecule has 80 valence electrons. The van der Waals surface area contributed by atoms with Crippen LogP contribution in [0.5, 0.6) is 0 Å². The first-order valence-electron chi connectivity index (χ1n) is 5.38. The molecule has 1 N–H and O–H groups in total. The molecule has 14 heavy (non-hydrogen) atoms. The molecule has 1 aromatic rings. The lowest BCUT2D eigenvalue weighted by atomic mass is 9.78. The Hall–Kier alpha value is -0.340. The predicted molar refractivity (Wildman–Crippen MR) is 62.7 cm³/mol. The molecule has 2 heteroatoms. The molecule has 0 aliphatic rings. The van der Waals surface area contributed by atoms with Crippen LogP contribution in [0.15, 0.2) is 16.8 Å². The van der Waals surface area contributed by atoms with Crippen LogP contribution >= 0.6 is 11.3 Å². The fourth-order valence-corrected chi connectivity index (χ4v) is 2.45. The van der Waals surface area contributed by atoms with E-state index in [-0.39, 0.29) is 5.41 Å². The van der Waals surface area contributed by atoms with Gasteiger partial charge in [0.1, 0.15) is 0 Å². The van der Waals surface area contributed by atoms with Crippen LogP contribution in [-0.2, 0) is 6.42 Å². The van der Waals surface area contributed by atoms with E-state index in [1.807, 2.05) is 0 Å². The summed E-state index contributed by atoms with van der Waals surface area (Å²) in [5, 5.41) is 13.7. The summed E-state index contributed by atoms with van der Waals surface area (Å²) in [5.41, 5.74) is 1.57. The van der Waals surface area contributed by atoms with Gasteiger partial charge in [-0.3, -0.25) is 0 Å². The zero-order valence-electron chi connectivity index (χ0n) is 9.12. The fourth-order valence-electron chi connectivity index (χ4n) is 1.75. The van der Waals surface area contributed by atoms with Crippen molar-refractivity contribution in [2.24, 2.45) is 5.41 Å². The molecule has 0 amide bonds. The molecule has 0 unspecified atom stereocenters. The maximum atomic E-state index is 9.41. The maximum Gasteiger partial charge on any atom is 0.0487 e. The Morgan fingerprint density at radius 1 is 1.36 bits per heavy atom. The van der Waals surface area contributed by atoms with Crippen molar-refractivity contribution in [1.82, 2.24) is 0 Å². The molecule has 1 aromatic heterocycles. The average Bonchev–Trinajstić information content (AvgIpc) is 2.74. The van der Waals surface area contributed by atoms with Gasteiger partial charge in [0.05, 0.1) is 0 Å². The summed E-state index contributed by atoms with van der Waals surface area (Å²) in [4.78, 5) is 0. The molecule has 1 heterocycles. The van der Waals surface area contributed by atoms with Gasteiger partial charge in [0, 0.05) is 6.61 Å². The van der Waals surface area contributed by atoms with Crippen LogP contribution in [0.1, 0.15) is 38.7 Å². The van der Waals surface area contributed by atoms with Crippen molar-refractivity contribution in [2.75, 3.05) is 6.61 Å². The van der Waals surface area contributed by atoms with Gasteiger partial charge in [-0.05, 0) is 53.5 Å². The fraction of sp³-hybridized carbons (Fsp3) is 0.667. The smallest absolute Gasteiger partial charge is 0.0487 e. The van der Waals surface area contributed by atoms with Crippen molar-refractivity contribution in [2.45, 2.75) is 39.5 Å². The first kappa shape index (κ1) is 11.7. The van der Waals surface area contributed by atoms with E-state index in [2.05, 4.69) is 30.7 Å². The molecule has 0 atom stereocenters. The van der Waals surface area contributed by atoms with Crippen LogP contribution in [0, 0.1) is 5.41 Å². The van der Waals surface area contributed by atoms with E-state index in [4.69, 9.17) is 0 Å². The van der Waals surface area contributed by atoms with E-state index < -0.39 is 0 Å². The number of hydrogen-bond acceptors (Lipinski definition) is 2. The molecular formula is C12H20OS. The number of rotatable bonds is 6. The maximum absolute atomic E-state index is 9.41. The molecule has 0 saturated heterocycles. The Labute approximate surface area is 90.8 Å². The van der Waals surface area contributed by atoms with Gasteiger partial charge in [0.25, 0.3) is 0 Å². The van der Waals surface area contributed by atoms with E-state index in [0.29, 0.717) is 6.61 Å². The number of aryl methyl sites for hydroxylation is 1. The second kappa shape index (κ2) is 5.52. The number of aliphatic hydroxyl groups excluding tert-OH is 1. The van der Waals surface area contributed by atoms with Gasteiger partial charge in [-0.1, -0.05) is 13.8 Å². The van der Waals surface area contributed by atoms with E-state index in [1.165, 1.54) is 5.56 Å². The van der Waals surface area contributed by atoms with Crippen molar-refractivity contribution < 1.29 is 5.11 Å². The molecular weight excluding hydrogens is 192 g/mol. The van der Waals surface area contributed by atoms with E-state index in [1.54, 1.807) is 11.3 Å². The van der Waals surface area contributed by atoms with Gasteiger partial charge in [-0.2, -0.15) is 11.3 Å². The van der Waals surface area contributed by atoms with Crippen molar-refractivity contribution in [3.8, 4) is 0 Å². The Kier molecular flexibility index (Phi) is 4.63. The zero-order chi connectivity index (χ0) is 10.4. The molecule has 0 aliphatic heterocycles. The van der Waals surface area contributed by atoms with Crippen LogP contribution in [0.25, 0.3) is 0 Å². The first-order chi connectivity index (χ1) is 6.76. The number of hydrogen-bond donors (Lipinski definition) is 1. The Morgan fingerprint density at radius 3 is 2.50 bits per heavy atom. The van der Waals surface area contributed by atoms with Crippen LogP contribution in [0.4, 0.5) is 0 Å². The standard InChI is InChI=1S/C12H20OS/c1-3-12(4-2,10-13)7-5-11-6-8-14-9-11/h6,8-9,13H,3-5,7,10H2,1-2H3. The average molecular weight is 212 g/mol. The lowest BCUT2D eigenvalue weighted by Crippen LogP contribution is -2.24. The zero-order valence-corrected chi connectivity index (χ0v) is 9.94. The van der Waals surface area contributed by atoms with Crippen LogP contribution < -0.4 is 0 Å². The van der Waals surface area contributed by atoms with Gasteiger partial charge in [0.15, 0.2) is 0 Å². The highest BCUT2D eigenvalue weighted by Crippen LogP contribution is 2.31. The van der Waals surface area contributed by atoms with Crippen molar-refractivity contribution in [1.29, 1.82) is 0 Å². The molecule has 0 fully saturated rings. The van der Waals surface area contributed by atoms with E-state index >= 15 is 0 Å². The highest BCUT2D eigenvalue weighted by Gasteiger charge is 2.24. The first-order valence-corrected chi connectivity index (χ1v) is 6.32. The molecule has 0 bridgehead atoms. The van der Waals surface area contributed by atoms with Gasteiger partial charge in [-0.15, -0.1) is 0 Å². The van der Waals surface area contributed by atoms with Crippen LogP contribution in [-0.4, -0.2) is 11.7 Å². The Balaban J connectivity index is 2.48. The minimum absolute atomic E-state index is 0.155. The third-order valence-corrected chi connectivity index (χ3v) is 4.09. The minimum atomic E-state index is 0.155. The molecule has 0 radical (unpaired) electrons. The summed E-state index contributed by atoms with van der Waals surface area (Å²) < 4.78 is 0. The third kappa shape index (κ3) is 2.82. The largest absolute Gasteiger partial charge is 0.396 e. The number of thiophene rings is 1. The van der Waals surface area contributed by atoms with Gasteiger partial charge >= 0.3 is 0 Å². The molecule has 0 saturated carbocycles. The Bertz CT molecular complexity index is 229. The molecule has 0 aromatic carbocycles. The quantitative estimate of drug-likeness (QED) is 0.765. The van der Waals surface area contributed by atoms with E-state index in [0.717, 1.165) is 25.7 Å². The summed E-state index contributed by atoms with van der Waals surface area (Å²) in [7, 11) is 0. The van der Waals surface area contributed by atoms with E-state index in [9.17, 15) is 5.11 Å². The minimum Gasteiger partial charge on any atom is -0.396 e. The lowest BCUT2D eigenvalue weighted by molar-refractivity contribution is 0.106. The second-order valence-corrected chi connectivity index (χ2v) is 4.78. The summed E-state index contributed by atoms with van der Waals surface area (Å²) in [6, 6.07) is 2.18. The predicted octanol–water partition coefficient (Wildman–Crippen LogP) is 3.48. The van der Waals surface area contributed by atoms with Crippen molar-refractivity contribution >= 4 is 11.3 Å². The summed E-state index contributed by atoms with van der Waals surface area (Å²) in [5.74, 6) is 0. The van der Waals surface area contributed by atoms with Gasteiger partial charge in [0.2, 0.25) is 0 Å². The molecule has 1 rings (SSSR count). The van der Waals surface area contributed by atoms with Gasteiger partial charge < -0.3 is 5.11 Å². The topological polar surface area (TPSA) is 20.2 Å². The molecule has 1 nitrogen and oxygen atoms in total. The highest BCUT2D eigenvalue weighted by molar-refractivity contribution is 7.07. The second-order valence-electron chi connectivity index (χ2n) is 4.00. The SMILES string of the molecule is CCC(CC)(CO)CCc1ccsc1.